The number of aromatic amines is 1. The van der Waals surface area contributed by atoms with E-state index in [0.717, 1.165) is 25.7 Å². The smallest absolute Gasteiger partial charge is 0.279 e. The van der Waals surface area contributed by atoms with Crippen LogP contribution in [0.15, 0.2) is 15.5 Å². The summed E-state index contributed by atoms with van der Waals surface area (Å²) in [6.45, 7) is 1.62. The Bertz CT molecular complexity index is 697. The molecule has 1 amide bonds. The summed E-state index contributed by atoms with van der Waals surface area (Å²) in [5.74, 6) is -0.136. The van der Waals surface area contributed by atoms with E-state index in [2.05, 4.69) is 15.4 Å². The molecular formula is C13H15N3O4. The van der Waals surface area contributed by atoms with Crippen molar-refractivity contribution in [2.24, 2.45) is 0 Å². The van der Waals surface area contributed by atoms with Crippen molar-refractivity contribution in [1.82, 2.24) is 15.4 Å². The molecule has 7 nitrogen and oxygen atoms in total. The number of aromatic nitrogens is 2. The van der Waals surface area contributed by atoms with Crippen LogP contribution >= 0.6 is 0 Å². The summed E-state index contributed by atoms with van der Waals surface area (Å²) in [4.78, 5) is 35.7. The van der Waals surface area contributed by atoms with Crippen LogP contribution in [0.5, 0.6) is 0 Å². The summed E-state index contributed by atoms with van der Waals surface area (Å²) in [5.41, 5.74) is 2.33. The minimum absolute atomic E-state index is 0.0498. The fraction of sp³-hybridized carbons (Fsp3) is 0.462. The Kier molecular flexibility index (Phi) is 3.27. The Balaban J connectivity index is 1.87. The molecule has 0 aliphatic heterocycles. The fourth-order valence-electron chi connectivity index (χ4n) is 2.52. The lowest BCUT2D eigenvalue weighted by molar-refractivity contribution is -0.0124. The van der Waals surface area contributed by atoms with Crippen molar-refractivity contribution < 1.29 is 14.0 Å². The zero-order valence-corrected chi connectivity index (χ0v) is 11.1. The predicted octanol–water partition coefficient (Wildman–Crippen LogP) is 1.43. The first-order valence-electron chi connectivity index (χ1n) is 6.59. The van der Waals surface area contributed by atoms with E-state index in [1.54, 1.807) is 6.92 Å². The van der Waals surface area contributed by atoms with E-state index >= 15 is 0 Å². The number of aryl methyl sites for hydroxylation is 1. The quantitative estimate of drug-likeness (QED) is 0.827. The lowest BCUT2D eigenvalue weighted by Crippen LogP contribution is -2.29. The standard InChI is InChI=1S/C13H15N3O4/c1-7-9(10-11(17)14-6-15-13(10)19-7)12(18)16-20-8-4-2-3-5-8/h6,8H,2-5H2,1H3,(H,16,18)(H,14,15,17). The first-order chi connectivity index (χ1) is 9.66. The molecule has 1 fully saturated rings. The Hall–Kier alpha value is -2.15. The molecule has 2 heterocycles. The Morgan fingerprint density at radius 2 is 2.25 bits per heavy atom. The summed E-state index contributed by atoms with van der Waals surface area (Å²) in [6.07, 6.45) is 5.38. The third-order valence-electron chi connectivity index (χ3n) is 3.52. The van der Waals surface area contributed by atoms with Crippen LogP contribution in [0, 0.1) is 6.92 Å². The van der Waals surface area contributed by atoms with Gasteiger partial charge < -0.3 is 9.40 Å². The molecule has 1 aliphatic rings. The molecule has 7 heteroatoms. The number of H-pyrrole nitrogens is 1. The maximum atomic E-state index is 12.2. The lowest BCUT2D eigenvalue weighted by atomic mass is 10.2. The Morgan fingerprint density at radius 1 is 1.50 bits per heavy atom. The van der Waals surface area contributed by atoms with Crippen molar-refractivity contribution in [1.29, 1.82) is 0 Å². The largest absolute Gasteiger partial charge is 0.442 e. The van der Waals surface area contributed by atoms with Crippen LogP contribution in [0.2, 0.25) is 0 Å². The molecule has 2 aromatic heterocycles. The second-order valence-corrected chi connectivity index (χ2v) is 4.90. The molecule has 0 bridgehead atoms. The second-order valence-electron chi connectivity index (χ2n) is 4.90. The Morgan fingerprint density at radius 3 is 3.00 bits per heavy atom. The van der Waals surface area contributed by atoms with Crippen molar-refractivity contribution in [2.75, 3.05) is 0 Å². The molecule has 106 valence electrons. The number of nitrogens with one attached hydrogen (secondary N) is 2. The maximum Gasteiger partial charge on any atom is 0.279 e. The molecule has 0 spiro atoms. The molecule has 2 N–H and O–H groups in total. The number of fused-ring (bicyclic) bond motifs is 1. The van der Waals surface area contributed by atoms with Crippen LogP contribution < -0.4 is 11.0 Å². The topological polar surface area (TPSA) is 97.2 Å². The van der Waals surface area contributed by atoms with Gasteiger partial charge in [0.2, 0.25) is 5.71 Å². The summed E-state index contributed by atoms with van der Waals surface area (Å²) < 4.78 is 5.33. The molecule has 2 aromatic rings. The highest BCUT2D eigenvalue weighted by molar-refractivity contribution is 6.05. The van der Waals surface area contributed by atoms with E-state index < -0.39 is 11.5 Å². The number of carbonyl (C=O) groups is 1. The zero-order chi connectivity index (χ0) is 14.1. The first-order valence-corrected chi connectivity index (χ1v) is 6.59. The monoisotopic (exact) mass is 277 g/mol. The van der Waals surface area contributed by atoms with Gasteiger partial charge in [0, 0.05) is 0 Å². The van der Waals surface area contributed by atoms with Gasteiger partial charge in [-0.25, -0.2) is 10.5 Å². The molecule has 0 radical (unpaired) electrons. The molecule has 0 unspecified atom stereocenters. The summed E-state index contributed by atoms with van der Waals surface area (Å²) in [6, 6.07) is 0. The summed E-state index contributed by atoms with van der Waals surface area (Å²) >= 11 is 0. The number of hydrogen-bond acceptors (Lipinski definition) is 5. The molecule has 0 saturated heterocycles. The van der Waals surface area contributed by atoms with Gasteiger partial charge in [0.1, 0.15) is 11.1 Å². The molecule has 0 atom stereocenters. The third-order valence-corrected chi connectivity index (χ3v) is 3.52. The average Bonchev–Trinajstić information content (AvgIpc) is 3.03. The molecule has 3 rings (SSSR count). The number of rotatable bonds is 3. The molecule has 20 heavy (non-hydrogen) atoms. The molecule has 1 aliphatic carbocycles. The highest BCUT2D eigenvalue weighted by Crippen LogP contribution is 2.22. The van der Waals surface area contributed by atoms with Crippen LogP contribution in [-0.2, 0) is 4.84 Å². The normalized spacial score (nSPS) is 15.8. The van der Waals surface area contributed by atoms with E-state index in [1.807, 2.05) is 0 Å². The number of amides is 1. The fourth-order valence-corrected chi connectivity index (χ4v) is 2.52. The SMILES string of the molecule is Cc1oc2nc[nH]c(=O)c2c1C(=O)NOC1CCCC1. The zero-order valence-electron chi connectivity index (χ0n) is 11.1. The third kappa shape index (κ3) is 2.20. The van der Waals surface area contributed by atoms with E-state index in [4.69, 9.17) is 9.25 Å². The van der Waals surface area contributed by atoms with E-state index in [1.165, 1.54) is 6.33 Å². The minimum atomic E-state index is -0.480. The van der Waals surface area contributed by atoms with Gasteiger partial charge in [-0.05, 0) is 19.8 Å². The van der Waals surface area contributed by atoms with Gasteiger partial charge in [0.25, 0.3) is 11.5 Å². The summed E-state index contributed by atoms with van der Waals surface area (Å²) in [5, 5.41) is 0.150. The van der Waals surface area contributed by atoms with E-state index in [9.17, 15) is 9.59 Å². The molecule has 0 aromatic carbocycles. The van der Waals surface area contributed by atoms with Gasteiger partial charge in [0.15, 0.2) is 0 Å². The van der Waals surface area contributed by atoms with Crippen LogP contribution in [0.1, 0.15) is 41.8 Å². The maximum absolute atomic E-state index is 12.2. The second kappa shape index (κ2) is 5.09. The van der Waals surface area contributed by atoms with Crippen LogP contribution in [0.4, 0.5) is 0 Å². The Labute approximate surface area is 114 Å². The highest BCUT2D eigenvalue weighted by Gasteiger charge is 2.23. The predicted molar refractivity (Wildman–Crippen MR) is 70.2 cm³/mol. The van der Waals surface area contributed by atoms with Gasteiger partial charge in [-0.15, -0.1) is 0 Å². The van der Waals surface area contributed by atoms with Crippen molar-refractivity contribution in [3.8, 4) is 0 Å². The van der Waals surface area contributed by atoms with Crippen LogP contribution in [-0.4, -0.2) is 22.0 Å². The van der Waals surface area contributed by atoms with Gasteiger partial charge in [-0.3, -0.25) is 14.4 Å². The van der Waals surface area contributed by atoms with Gasteiger partial charge >= 0.3 is 0 Å². The molecular weight excluding hydrogens is 262 g/mol. The van der Waals surface area contributed by atoms with Crippen molar-refractivity contribution >= 4 is 17.0 Å². The van der Waals surface area contributed by atoms with Gasteiger partial charge in [-0.1, -0.05) is 12.8 Å². The number of nitrogens with zero attached hydrogens (tertiary/aromatic N) is 1. The first kappa shape index (κ1) is 12.9. The highest BCUT2D eigenvalue weighted by atomic mass is 16.7. The number of furan rings is 1. The van der Waals surface area contributed by atoms with Crippen molar-refractivity contribution in [3.05, 3.63) is 28.0 Å². The van der Waals surface area contributed by atoms with E-state index in [-0.39, 0.29) is 22.8 Å². The van der Waals surface area contributed by atoms with Crippen molar-refractivity contribution in [3.63, 3.8) is 0 Å². The number of carbonyl (C=O) groups excluding carboxylic acids is 1. The summed E-state index contributed by atoms with van der Waals surface area (Å²) in [7, 11) is 0. The lowest BCUT2D eigenvalue weighted by Gasteiger charge is -2.10. The van der Waals surface area contributed by atoms with Gasteiger partial charge in [-0.2, -0.15) is 0 Å². The van der Waals surface area contributed by atoms with E-state index in [0.29, 0.717) is 5.76 Å². The molecule has 1 saturated carbocycles. The van der Waals surface area contributed by atoms with Crippen LogP contribution in [0.3, 0.4) is 0 Å². The van der Waals surface area contributed by atoms with Gasteiger partial charge in [0.05, 0.1) is 18.0 Å². The van der Waals surface area contributed by atoms with Crippen LogP contribution in [0.25, 0.3) is 11.1 Å². The van der Waals surface area contributed by atoms with Crippen molar-refractivity contribution in [2.45, 2.75) is 38.7 Å². The number of hydrogen-bond donors (Lipinski definition) is 2. The minimum Gasteiger partial charge on any atom is -0.442 e. The average molecular weight is 277 g/mol. The number of hydroxylamine groups is 1.